The molecule has 25 heavy (non-hydrogen) atoms. The number of ether oxygens (including phenoxy) is 1. The highest BCUT2D eigenvalue weighted by atomic mass is 16.5. The van der Waals surface area contributed by atoms with Crippen LogP contribution in [0.25, 0.3) is 0 Å². The zero-order chi connectivity index (χ0) is 18.4. The third kappa shape index (κ3) is 4.73. The number of benzene rings is 2. The number of nitrogens with two attached hydrogens (primary N) is 1. The number of hydrogen-bond acceptors (Lipinski definition) is 5. The Balaban J connectivity index is 2.13. The topological polar surface area (TPSA) is 84.7 Å². The first-order chi connectivity index (χ1) is 11.9. The number of nitrogen functional groups attached to an aromatic ring is 1. The van der Waals surface area contributed by atoms with Crippen LogP contribution in [0.15, 0.2) is 42.5 Å². The third-order valence-corrected chi connectivity index (χ3v) is 3.56. The molecule has 2 aromatic carbocycles. The summed E-state index contributed by atoms with van der Waals surface area (Å²) in [5.74, 6) is -0.636. The van der Waals surface area contributed by atoms with Crippen molar-refractivity contribution in [3.63, 3.8) is 0 Å². The molecule has 0 fully saturated rings. The first kappa shape index (κ1) is 18.3. The van der Waals surface area contributed by atoms with Crippen molar-refractivity contribution in [2.45, 2.75) is 13.3 Å². The number of carbonyl (C=O) groups is 2. The highest BCUT2D eigenvalue weighted by Gasteiger charge is 2.14. The maximum absolute atomic E-state index is 12.6. The molecule has 6 heteroatoms. The fraction of sp³-hybridized carbons (Fsp3) is 0.263. The van der Waals surface area contributed by atoms with E-state index in [2.05, 4.69) is 5.32 Å². The molecule has 2 aromatic rings. The minimum absolute atomic E-state index is 0.266. The summed E-state index contributed by atoms with van der Waals surface area (Å²) in [4.78, 5) is 26.2. The van der Waals surface area contributed by atoms with Gasteiger partial charge in [0.15, 0.2) is 0 Å². The number of nitrogens with one attached hydrogen (secondary N) is 1. The smallest absolute Gasteiger partial charge is 0.338 e. The van der Waals surface area contributed by atoms with Gasteiger partial charge in [-0.15, -0.1) is 0 Å². The third-order valence-electron chi connectivity index (χ3n) is 3.56. The molecular weight excluding hydrogens is 318 g/mol. The summed E-state index contributed by atoms with van der Waals surface area (Å²) >= 11 is 0. The van der Waals surface area contributed by atoms with Gasteiger partial charge in [-0.3, -0.25) is 4.79 Å². The maximum Gasteiger partial charge on any atom is 0.338 e. The molecule has 0 saturated carbocycles. The summed E-state index contributed by atoms with van der Waals surface area (Å²) in [6, 6.07) is 11.8. The predicted molar refractivity (Wildman–Crippen MR) is 100 cm³/mol. The van der Waals surface area contributed by atoms with Crippen LogP contribution in [-0.4, -0.2) is 32.6 Å². The first-order valence-corrected chi connectivity index (χ1v) is 8.07. The van der Waals surface area contributed by atoms with E-state index < -0.39 is 0 Å². The number of carbonyl (C=O) groups excluding carboxylic acids is 2. The van der Waals surface area contributed by atoms with E-state index in [0.29, 0.717) is 29.1 Å². The minimum atomic E-state index is -0.370. The van der Waals surface area contributed by atoms with E-state index in [1.807, 2.05) is 25.9 Å². The fourth-order valence-corrected chi connectivity index (χ4v) is 2.29. The Bertz CT molecular complexity index is 755. The van der Waals surface area contributed by atoms with Crippen molar-refractivity contribution in [1.82, 2.24) is 0 Å². The summed E-state index contributed by atoms with van der Waals surface area (Å²) in [7, 11) is 3.72. The Morgan fingerprint density at radius 3 is 2.40 bits per heavy atom. The molecule has 0 bridgehead atoms. The molecule has 0 aliphatic carbocycles. The van der Waals surface area contributed by atoms with Crippen LogP contribution in [0.5, 0.6) is 0 Å². The largest absolute Gasteiger partial charge is 0.462 e. The molecule has 0 radical (unpaired) electrons. The van der Waals surface area contributed by atoms with Crippen LogP contribution in [0.2, 0.25) is 0 Å². The second-order valence-electron chi connectivity index (χ2n) is 5.84. The number of esters is 1. The van der Waals surface area contributed by atoms with Gasteiger partial charge in [0.25, 0.3) is 5.91 Å². The highest BCUT2D eigenvalue weighted by molar-refractivity contribution is 6.08. The standard InChI is InChI=1S/C19H23N3O3/c1-4-11-25-19(24)13-5-8-15(9-6-13)21-18(23)16-12-14(20)7-10-17(16)22(2)3/h5-10,12H,4,11,20H2,1-3H3,(H,21,23). The Kier molecular flexibility index (Phi) is 6.00. The Morgan fingerprint density at radius 2 is 1.80 bits per heavy atom. The van der Waals surface area contributed by atoms with Crippen molar-refractivity contribution >= 4 is 28.9 Å². The fourth-order valence-electron chi connectivity index (χ4n) is 2.29. The van der Waals surface area contributed by atoms with Crippen molar-refractivity contribution in [2.24, 2.45) is 0 Å². The van der Waals surface area contributed by atoms with Crippen LogP contribution >= 0.6 is 0 Å². The minimum Gasteiger partial charge on any atom is -0.462 e. The van der Waals surface area contributed by atoms with Gasteiger partial charge in [-0.05, 0) is 48.9 Å². The summed E-state index contributed by atoms with van der Waals surface area (Å²) < 4.78 is 5.08. The summed E-state index contributed by atoms with van der Waals surface area (Å²) in [5.41, 5.74) is 8.61. The average molecular weight is 341 g/mol. The van der Waals surface area contributed by atoms with E-state index in [1.54, 1.807) is 42.5 Å². The van der Waals surface area contributed by atoms with Crippen molar-refractivity contribution in [3.05, 3.63) is 53.6 Å². The number of hydrogen-bond donors (Lipinski definition) is 2. The lowest BCUT2D eigenvalue weighted by molar-refractivity contribution is 0.0505. The molecular formula is C19H23N3O3. The van der Waals surface area contributed by atoms with Gasteiger partial charge in [0.05, 0.1) is 17.7 Å². The van der Waals surface area contributed by atoms with E-state index in [4.69, 9.17) is 10.5 Å². The monoisotopic (exact) mass is 341 g/mol. The van der Waals surface area contributed by atoms with Gasteiger partial charge in [0.1, 0.15) is 0 Å². The van der Waals surface area contributed by atoms with Crippen LogP contribution in [0.4, 0.5) is 17.1 Å². The lowest BCUT2D eigenvalue weighted by atomic mass is 10.1. The second kappa shape index (κ2) is 8.19. The van der Waals surface area contributed by atoms with E-state index in [9.17, 15) is 9.59 Å². The van der Waals surface area contributed by atoms with Gasteiger partial charge < -0.3 is 20.7 Å². The van der Waals surface area contributed by atoms with E-state index >= 15 is 0 Å². The molecule has 6 nitrogen and oxygen atoms in total. The van der Waals surface area contributed by atoms with Crippen molar-refractivity contribution in [2.75, 3.05) is 36.7 Å². The van der Waals surface area contributed by atoms with Crippen molar-refractivity contribution < 1.29 is 14.3 Å². The molecule has 1 amide bonds. The maximum atomic E-state index is 12.6. The normalized spacial score (nSPS) is 10.2. The molecule has 0 spiro atoms. The average Bonchev–Trinajstić information content (AvgIpc) is 2.59. The SMILES string of the molecule is CCCOC(=O)c1ccc(NC(=O)c2cc(N)ccc2N(C)C)cc1. The molecule has 0 aromatic heterocycles. The molecule has 0 saturated heterocycles. The molecule has 2 rings (SSSR count). The van der Waals surface area contributed by atoms with Gasteiger partial charge >= 0.3 is 5.97 Å². The van der Waals surface area contributed by atoms with Crippen LogP contribution in [0, 0.1) is 0 Å². The summed E-state index contributed by atoms with van der Waals surface area (Å²) in [5, 5.41) is 2.82. The molecule has 0 unspecified atom stereocenters. The van der Waals surface area contributed by atoms with Crippen molar-refractivity contribution in [1.29, 1.82) is 0 Å². The Morgan fingerprint density at radius 1 is 1.12 bits per heavy atom. The quantitative estimate of drug-likeness (QED) is 0.623. The molecule has 0 aliphatic heterocycles. The van der Waals surface area contributed by atoms with E-state index in [0.717, 1.165) is 12.1 Å². The summed E-state index contributed by atoms with van der Waals surface area (Å²) in [6.07, 6.45) is 0.772. The Hall–Kier alpha value is -3.02. The second-order valence-corrected chi connectivity index (χ2v) is 5.84. The van der Waals surface area contributed by atoms with Crippen LogP contribution in [0.3, 0.4) is 0 Å². The van der Waals surface area contributed by atoms with Crippen LogP contribution in [0.1, 0.15) is 34.1 Å². The van der Waals surface area contributed by atoms with Gasteiger partial charge in [-0.2, -0.15) is 0 Å². The molecule has 0 atom stereocenters. The first-order valence-electron chi connectivity index (χ1n) is 8.07. The molecule has 0 heterocycles. The predicted octanol–water partition coefficient (Wildman–Crippen LogP) is 3.15. The lowest BCUT2D eigenvalue weighted by Gasteiger charge is -2.17. The van der Waals surface area contributed by atoms with Crippen LogP contribution in [-0.2, 0) is 4.74 Å². The van der Waals surface area contributed by atoms with Crippen LogP contribution < -0.4 is 16.0 Å². The number of anilines is 3. The number of amides is 1. The summed E-state index contributed by atoms with van der Waals surface area (Å²) in [6.45, 7) is 2.32. The highest BCUT2D eigenvalue weighted by Crippen LogP contribution is 2.23. The van der Waals surface area contributed by atoms with Crippen molar-refractivity contribution in [3.8, 4) is 0 Å². The van der Waals surface area contributed by atoms with E-state index in [-0.39, 0.29) is 11.9 Å². The Labute approximate surface area is 147 Å². The molecule has 0 aliphatic rings. The zero-order valence-corrected chi connectivity index (χ0v) is 14.7. The van der Waals surface area contributed by atoms with Gasteiger partial charge in [0.2, 0.25) is 0 Å². The number of nitrogens with zero attached hydrogens (tertiary/aromatic N) is 1. The van der Waals surface area contributed by atoms with Gasteiger partial charge in [-0.1, -0.05) is 6.92 Å². The molecule has 132 valence electrons. The van der Waals surface area contributed by atoms with Gasteiger partial charge in [-0.25, -0.2) is 4.79 Å². The zero-order valence-electron chi connectivity index (χ0n) is 14.7. The van der Waals surface area contributed by atoms with E-state index in [1.165, 1.54) is 0 Å². The molecule has 3 N–H and O–H groups in total. The lowest BCUT2D eigenvalue weighted by Crippen LogP contribution is -2.19. The van der Waals surface area contributed by atoms with Gasteiger partial charge in [0, 0.05) is 31.2 Å². The number of rotatable bonds is 6.